The number of pyridine rings is 1. The number of aromatic nitrogens is 1. The molecule has 0 fully saturated rings. The zero-order chi connectivity index (χ0) is 22.5. The van der Waals surface area contributed by atoms with Crippen molar-refractivity contribution in [2.75, 3.05) is 12.4 Å². The highest BCUT2D eigenvalue weighted by Gasteiger charge is 2.28. The molecule has 0 bridgehead atoms. The lowest BCUT2D eigenvalue weighted by Crippen LogP contribution is -2.31. The minimum Gasteiger partial charge on any atom is -0.493 e. The lowest BCUT2D eigenvalue weighted by Gasteiger charge is -2.17. The Morgan fingerprint density at radius 1 is 1.16 bits per heavy atom. The summed E-state index contributed by atoms with van der Waals surface area (Å²) >= 11 is 1.47. The topological polar surface area (TPSA) is 89.5 Å². The Morgan fingerprint density at radius 3 is 2.72 bits per heavy atom. The molecule has 2 heterocycles. The maximum absolute atomic E-state index is 13.1. The van der Waals surface area contributed by atoms with Crippen molar-refractivity contribution in [3.63, 3.8) is 0 Å². The van der Waals surface area contributed by atoms with E-state index in [-0.39, 0.29) is 11.8 Å². The van der Waals surface area contributed by atoms with Crippen LogP contribution in [-0.4, -0.2) is 30.0 Å². The lowest BCUT2D eigenvalue weighted by atomic mass is 10.1. The van der Waals surface area contributed by atoms with Gasteiger partial charge in [-0.1, -0.05) is 18.2 Å². The number of para-hydroxylation sites is 2. The monoisotopic (exact) mass is 451 g/mol. The first-order valence-corrected chi connectivity index (χ1v) is 11.3. The molecule has 2 aromatic heterocycles. The fourth-order valence-electron chi connectivity index (χ4n) is 3.68. The summed E-state index contributed by atoms with van der Waals surface area (Å²) in [6, 6.07) is 10.9. The molecule has 0 aliphatic heterocycles. The van der Waals surface area contributed by atoms with Crippen LogP contribution >= 0.6 is 11.3 Å². The molecule has 3 aromatic rings. The van der Waals surface area contributed by atoms with Gasteiger partial charge in [-0.25, -0.2) is 0 Å². The molecule has 0 unspecified atom stereocenters. The maximum Gasteiger partial charge on any atom is 0.265 e. The van der Waals surface area contributed by atoms with Gasteiger partial charge in [-0.3, -0.25) is 14.6 Å². The van der Waals surface area contributed by atoms with Crippen molar-refractivity contribution in [1.82, 2.24) is 10.3 Å². The summed E-state index contributed by atoms with van der Waals surface area (Å²) in [5.74, 6) is 0.525. The third-order valence-corrected chi connectivity index (χ3v) is 6.51. The molecule has 1 aromatic carbocycles. The average Bonchev–Trinajstić information content (AvgIpc) is 3.39. The zero-order valence-corrected chi connectivity index (χ0v) is 18.8. The summed E-state index contributed by atoms with van der Waals surface area (Å²) in [6.07, 6.45) is 5.42. The normalized spacial score (nSPS) is 13.2. The van der Waals surface area contributed by atoms with E-state index in [1.807, 2.05) is 24.3 Å². The van der Waals surface area contributed by atoms with Gasteiger partial charge in [-0.2, -0.15) is 0 Å². The Morgan fingerprint density at radius 2 is 1.97 bits per heavy atom. The average molecular weight is 452 g/mol. The van der Waals surface area contributed by atoms with E-state index < -0.39 is 6.10 Å². The molecule has 1 aliphatic carbocycles. The van der Waals surface area contributed by atoms with Crippen LogP contribution in [0.4, 0.5) is 5.00 Å². The molecule has 0 saturated carbocycles. The summed E-state index contributed by atoms with van der Waals surface area (Å²) < 4.78 is 11.1. The number of carbonyl (C=O) groups is 2. The highest BCUT2D eigenvalue weighted by Crippen LogP contribution is 2.39. The highest BCUT2D eigenvalue weighted by molar-refractivity contribution is 7.17. The number of hydrogen-bond acceptors (Lipinski definition) is 6. The summed E-state index contributed by atoms with van der Waals surface area (Å²) in [5, 5.41) is 6.44. The summed E-state index contributed by atoms with van der Waals surface area (Å²) in [6.45, 7) is 2.04. The van der Waals surface area contributed by atoms with Gasteiger partial charge in [-0.05, 0) is 55.5 Å². The molecule has 32 heavy (non-hydrogen) atoms. The number of anilines is 1. The minimum absolute atomic E-state index is 0.193. The highest BCUT2D eigenvalue weighted by atomic mass is 32.1. The van der Waals surface area contributed by atoms with Crippen molar-refractivity contribution < 1.29 is 19.1 Å². The fourth-order valence-corrected chi connectivity index (χ4v) is 4.97. The summed E-state index contributed by atoms with van der Waals surface area (Å²) in [7, 11) is 1.55. The molecule has 0 radical (unpaired) electrons. The number of nitrogens with one attached hydrogen (secondary N) is 2. The molecule has 2 amide bonds. The minimum atomic E-state index is -0.769. The van der Waals surface area contributed by atoms with Gasteiger partial charge in [0.15, 0.2) is 17.6 Å². The van der Waals surface area contributed by atoms with Crippen LogP contribution in [0.3, 0.4) is 0 Å². The Hall–Kier alpha value is -3.39. The number of nitrogens with zero attached hydrogens (tertiary/aromatic N) is 1. The SMILES string of the molecule is COc1ccccc1O[C@H](C)C(=O)Nc1sc2c(c1C(=O)NCc1cccnc1)CCC2. The van der Waals surface area contributed by atoms with Gasteiger partial charge in [0.25, 0.3) is 11.8 Å². The van der Waals surface area contributed by atoms with E-state index in [0.717, 1.165) is 35.3 Å². The fraction of sp³-hybridized carbons (Fsp3) is 0.292. The van der Waals surface area contributed by atoms with Crippen molar-refractivity contribution in [1.29, 1.82) is 0 Å². The van der Waals surface area contributed by atoms with Gasteiger partial charge in [0.2, 0.25) is 0 Å². The van der Waals surface area contributed by atoms with E-state index >= 15 is 0 Å². The second-order valence-electron chi connectivity index (χ2n) is 7.51. The van der Waals surface area contributed by atoms with Crippen LogP contribution in [0.15, 0.2) is 48.8 Å². The van der Waals surface area contributed by atoms with Crippen molar-refractivity contribution in [2.24, 2.45) is 0 Å². The molecule has 4 rings (SSSR count). The van der Waals surface area contributed by atoms with Crippen LogP contribution in [0, 0.1) is 0 Å². The quantitative estimate of drug-likeness (QED) is 0.541. The molecule has 7 nitrogen and oxygen atoms in total. The second-order valence-corrected chi connectivity index (χ2v) is 8.61. The zero-order valence-electron chi connectivity index (χ0n) is 18.0. The van der Waals surface area contributed by atoms with Gasteiger partial charge < -0.3 is 20.1 Å². The van der Waals surface area contributed by atoms with E-state index in [4.69, 9.17) is 9.47 Å². The molecule has 166 valence electrons. The number of amides is 2. The number of benzene rings is 1. The number of methoxy groups -OCH3 is 1. The largest absolute Gasteiger partial charge is 0.493 e. The van der Waals surface area contributed by atoms with Crippen LogP contribution in [0.2, 0.25) is 0 Å². The van der Waals surface area contributed by atoms with Crippen LogP contribution in [0.1, 0.15) is 39.7 Å². The van der Waals surface area contributed by atoms with E-state index in [0.29, 0.717) is 28.6 Å². The first kappa shape index (κ1) is 21.8. The Balaban J connectivity index is 1.48. The van der Waals surface area contributed by atoms with E-state index in [2.05, 4.69) is 15.6 Å². The Kier molecular flexibility index (Phi) is 6.70. The third kappa shape index (κ3) is 4.75. The van der Waals surface area contributed by atoms with Gasteiger partial charge >= 0.3 is 0 Å². The first-order valence-electron chi connectivity index (χ1n) is 10.5. The summed E-state index contributed by atoms with van der Waals surface area (Å²) in [4.78, 5) is 31.2. The van der Waals surface area contributed by atoms with Crippen LogP contribution in [0.25, 0.3) is 0 Å². The molecule has 8 heteroatoms. The number of fused-ring (bicyclic) bond motifs is 1. The van der Waals surface area contributed by atoms with Crippen molar-refractivity contribution >= 4 is 28.2 Å². The Labute approximate surface area is 190 Å². The van der Waals surface area contributed by atoms with Crippen LogP contribution in [0.5, 0.6) is 11.5 Å². The smallest absolute Gasteiger partial charge is 0.265 e. The van der Waals surface area contributed by atoms with Crippen molar-refractivity contribution in [2.45, 2.75) is 38.8 Å². The first-order chi connectivity index (χ1) is 15.6. The molecule has 0 saturated heterocycles. The van der Waals surface area contributed by atoms with Crippen LogP contribution < -0.4 is 20.1 Å². The van der Waals surface area contributed by atoms with E-state index in [1.165, 1.54) is 11.3 Å². The maximum atomic E-state index is 13.1. The van der Waals surface area contributed by atoms with E-state index in [1.54, 1.807) is 38.6 Å². The molecular formula is C24H25N3O4S. The standard InChI is InChI=1S/C24H25N3O4S/c1-15(31-19-10-4-3-9-18(19)30-2)22(28)27-24-21(17-8-5-11-20(17)32-24)23(29)26-14-16-7-6-12-25-13-16/h3-4,6-7,9-10,12-13,15H,5,8,11,14H2,1-2H3,(H,26,29)(H,27,28)/t15-/m1/s1. The van der Waals surface area contributed by atoms with Crippen molar-refractivity contribution in [3.8, 4) is 11.5 Å². The Bertz CT molecular complexity index is 1110. The second kappa shape index (κ2) is 9.82. The summed E-state index contributed by atoms with van der Waals surface area (Å²) in [5.41, 5.74) is 2.51. The van der Waals surface area contributed by atoms with E-state index in [9.17, 15) is 9.59 Å². The number of thiophene rings is 1. The number of carbonyl (C=O) groups excluding carboxylic acids is 2. The predicted octanol–water partition coefficient (Wildman–Crippen LogP) is 3.98. The van der Waals surface area contributed by atoms with Gasteiger partial charge in [0.05, 0.1) is 12.7 Å². The van der Waals surface area contributed by atoms with Gasteiger partial charge in [-0.15, -0.1) is 11.3 Å². The van der Waals surface area contributed by atoms with Gasteiger partial charge in [0.1, 0.15) is 5.00 Å². The lowest BCUT2D eigenvalue weighted by molar-refractivity contribution is -0.122. The molecule has 1 atom stereocenters. The molecule has 2 N–H and O–H groups in total. The number of hydrogen-bond donors (Lipinski definition) is 2. The third-order valence-electron chi connectivity index (χ3n) is 5.30. The predicted molar refractivity (Wildman–Crippen MR) is 123 cm³/mol. The van der Waals surface area contributed by atoms with Crippen LogP contribution in [-0.2, 0) is 24.2 Å². The molecular weight excluding hydrogens is 426 g/mol. The number of aryl methyl sites for hydroxylation is 1. The molecule has 1 aliphatic rings. The number of rotatable bonds is 8. The van der Waals surface area contributed by atoms with Crippen molar-refractivity contribution in [3.05, 3.63) is 70.4 Å². The van der Waals surface area contributed by atoms with Gasteiger partial charge in [0, 0.05) is 23.8 Å². The molecule has 0 spiro atoms. The number of ether oxygens (including phenoxy) is 2.